The zero-order valence-electron chi connectivity index (χ0n) is 15.0. The van der Waals surface area contributed by atoms with Gasteiger partial charge in [0.05, 0.1) is 5.75 Å². The maximum Gasteiger partial charge on any atom is 0.321 e. The van der Waals surface area contributed by atoms with Gasteiger partial charge in [-0.3, -0.25) is 19.7 Å². The Morgan fingerprint density at radius 1 is 1.31 bits per heavy atom. The largest absolute Gasteiger partial charge is 0.333 e. The first kappa shape index (κ1) is 18.4. The van der Waals surface area contributed by atoms with Crippen molar-refractivity contribution < 1.29 is 9.59 Å². The van der Waals surface area contributed by atoms with Gasteiger partial charge in [-0.15, -0.1) is 10.2 Å². The first-order valence-corrected chi connectivity index (χ1v) is 9.42. The minimum Gasteiger partial charge on any atom is -0.333 e. The standard InChI is InChI=1S/C17H22N6O2S/c1-17(2,3)20-15(25)19-13(24)10-26-16-22-21-14(23(16)12-6-7-12)11-5-4-8-18-9-11/h4-5,8-9,12H,6-7,10H2,1-3H3,(H2,19,20,24,25). The fourth-order valence-electron chi connectivity index (χ4n) is 2.39. The minimum absolute atomic E-state index is 0.0927. The molecule has 1 aliphatic rings. The number of nitrogens with one attached hydrogen (secondary N) is 2. The third-order valence-corrected chi connectivity index (χ3v) is 4.51. The van der Waals surface area contributed by atoms with Crippen molar-refractivity contribution in [1.29, 1.82) is 0 Å². The Bertz CT molecular complexity index is 795. The summed E-state index contributed by atoms with van der Waals surface area (Å²) in [5.74, 6) is 0.481. The Hall–Kier alpha value is -2.42. The molecule has 26 heavy (non-hydrogen) atoms. The van der Waals surface area contributed by atoms with Crippen LogP contribution in [0.25, 0.3) is 11.4 Å². The molecule has 9 heteroatoms. The van der Waals surface area contributed by atoms with E-state index >= 15 is 0 Å². The number of aromatic nitrogens is 4. The van der Waals surface area contributed by atoms with Gasteiger partial charge in [0.25, 0.3) is 0 Å². The molecule has 2 aromatic heterocycles. The summed E-state index contributed by atoms with van der Waals surface area (Å²) in [6.07, 6.45) is 5.60. The van der Waals surface area contributed by atoms with E-state index in [1.165, 1.54) is 11.8 Å². The molecule has 1 aliphatic carbocycles. The summed E-state index contributed by atoms with van der Waals surface area (Å²) in [4.78, 5) is 27.9. The van der Waals surface area contributed by atoms with Crippen molar-refractivity contribution in [3.8, 4) is 11.4 Å². The van der Waals surface area contributed by atoms with Gasteiger partial charge in [0, 0.05) is 29.5 Å². The van der Waals surface area contributed by atoms with Crippen molar-refractivity contribution in [3.63, 3.8) is 0 Å². The van der Waals surface area contributed by atoms with E-state index in [0.717, 1.165) is 24.2 Å². The molecule has 0 aromatic carbocycles. The molecule has 1 saturated carbocycles. The fraction of sp³-hybridized carbons (Fsp3) is 0.471. The quantitative estimate of drug-likeness (QED) is 0.779. The number of urea groups is 1. The van der Waals surface area contributed by atoms with Gasteiger partial charge in [-0.25, -0.2) is 4.79 Å². The predicted octanol–water partition coefficient (Wildman–Crippen LogP) is 2.39. The molecule has 2 aromatic rings. The lowest BCUT2D eigenvalue weighted by Gasteiger charge is -2.20. The summed E-state index contributed by atoms with van der Waals surface area (Å²) < 4.78 is 2.06. The van der Waals surface area contributed by atoms with Crippen molar-refractivity contribution in [1.82, 2.24) is 30.4 Å². The smallest absolute Gasteiger partial charge is 0.321 e. The van der Waals surface area contributed by atoms with Crippen LogP contribution in [-0.2, 0) is 4.79 Å². The Labute approximate surface area is 156 Å². The fourth-order valence-corrected chi connectivity index (χ4v) is 3.20. The summed E-state index contributed by atoms with van der Waals surface area (Å²) in [7, 11) is 0. The number of carbonyl (C=O) groups excluding carboxylic acids is 2. The van der Waals surface area contributed by atoms with Gasteiger partial charge in [-0.2, -0.15) is 0 Å². The Morgan fingerprint density at radius 3 is 2.69 bits per heavy atom. The molecule has 1 fully saturated rings. The summed E-state index contributed by atoms with van der Waals surface area (Å²) in [5, 5.41) is 14.2. The molecule has 0 bridgehead atoms. The van der Waals surface area contributed by atoms with Crippen molar-refractivity contribution in [2.24, 2.45) is 0 Å². The summed E-state index contributed by atoms with van der Waals surface area (Å²) in [6, 6.07) is 3.65. The van der Waals surface area contributed by atoms with Crippen molar-refractivity contribution >= 4 is 23.7 Å². The first-order valence-electron chi connectivity index (χ1n) is 8.43. The normalized spacial score (nSPS) is 14.1. The monoisotopic (exact) mass is 374 g/mol. The van der Waals surface area contributed by atoms with E-state index in [0.29, 0.717) is 11.2 Å². The van der Waals surface area contributed by atoms with Gasteiger partial charge >= 0.3 is 6.03 Å². The van der Waals surface area contributed by atoms with Crippen LogP contribution in [0.3, 0.4) is 0 Å². The predicted molar refractivity (Wildman–Crippen MR) is 98.7 cm³/mol. The molecule has 0 atom stereocenters. The second-order valence-corrected chi connectivity index (χ2v) is 8.13. The second-order valence-electron chi connectivity index (χ2n) is 7.19. The number of imide groups is 1. The van der Waals surface area contributed by atoms with Crippen LogP contribution >= 0.6 is 11.8 Å². The molecule has 0 radical (unpaired) electrons. The highest BCUT2D eigenvalue weighted by Crippen LogP contribution is 2.40. The van der Waals surface area contributed by atoms with Crippen LogP contribution in [0.1, 0.15) is 39.7 Å². The lowest BCUT2D eigenvalue weighted by Crippen LogP contribution is -2.48. The molecular weight excluding hydrogens is 352 g/mol. The van der Waals surface area contributed by atoms with Crippen molar-refractivity contribution in [2.45, 2.75) is 50.4 Å². The molecule has 0 unspecified atom stereocenters. The van der Waals surface area contributed by atoms with Gasteiger partial charge in [-0.05, 0) is 45.7 Å². The third kappa shape index (κ3) is 4.81. The highest BCUT2D eigenvalue weighted by Gasteiger charge is 2.30. The van der Waals surface area contributed by atoms with Crippen LogP contribution in [0.2, 0.25) is 0 Å². The zero-order chi connectivity index (χ0) is 18.7. The van der Waals surface area contributed by atoms with E-state index in [2.05, 4.69) is 30.4 Å². The Balaban J connectivity index is 1.65. The van der Waals surface area contributed by atoms with E-state index in [4.69, 9.17) is 0 Å². The number of amides is 3. The van der Waals surface area contributed by atoms with E-state index < -0.39 is 11.6 Å². The molecule has 138 valence electrons. The molecule has 3 amide bonds. The second kappa shape index (κ2) is 7.45. The molecule has 2 N–H and O–H groups in total. The zero-order valence-corrected chi connectivity index (χ0v) is 15.8. The highest BCUT2D eigenvalue weighted by atomic mass is 32.2. The minimum atomic E-state index is -0.497. The summed E-state index contributed by atoms with van der Waals surface area (Å²) in [6.45, 7) is 5.55. The van der Waals surface area contributed by atoms with Crippen molar-refractivity contribution in [2.75, 3.05) is 5.75 Å². The van der Waals surface area contributed by atoms with Gasteiger partial charge in [0.2, 0.25) is 5.91 Å². The number of hydrogen-bond donors (Lipinski definition) is 2. The molecule has 3 rings (SSSR count). The number of thioether (sulfide) groups is 1. The van der Waals surface area contributed by atoms with Crippen LogP contribution in [0.15, 0.2) is 29.7 Å². The number of rotatable bonds is 5. The van der Waals surface area contributed by atoms with Gasteiger partial charge in [0.1, 0.15) is 0 Å². The lowest BCUT2D eigenvalue weighted by molar-refractivity contribution is -0.117. The maximum absolute atomic E-state index is 12.0. The van der Waals surface area contributed by atoms with Gasteiger partial charge < -0.3 is 5.32 Å². The van der Waals surface area contributed by atoms with Gasteiger partial charge in [0.15, 0.2) is 11.0 Å². The van der Waals surface area contributed by atoms with E-state index in [9.17, 15) is 9.59 Å². The van der Waals surface area contributed by atoms with Crippen LogP contribution in [-0.4, -0.2) is 43.0 Å². The van der Waals surface area contributed by atoms with Crippen LogP contribution in [0, 0.1) is 0 Å². The van der Waals surface area contributed by atoms with Crippen LogP contribution < -0.4 is 10.6 Å². The molecule has 0 aliphatic heterocycles. The summed E-state index contributed by atoms with van der Waals surface area (Å²) in [5.41, 5.74) is 0.496. The molecule has 2 heterocycles. The highest BCUT2D eigenvalue weighted by molar-refractivity contribution is 7.99. The molecular formula is C17H22N6O2S. The third-order valence-electron chi connectivity index (χ3n) is 3.57. The van der Waals surface area contributed by atoms with Crippen molar-refractivity contribution in [3.05, 3.63) is 24.5 Å². The average molecular weight is 374 g/mol. The van der Waals surface area contributed by atoms with E-state index in [1.54, 1.807) is 12.4 Å². The number of carbonyl (C=O) groups is 2. The Kier molecular flexibility index (Phi) is 5.26. The Morgan fingerprint density at radius 2 is 2.08 bits per heavy atom. The van der Waals surface area contributed by atoms with E-state index in [1.807, 2.05) is 32.9 Å². The number of pyridine rings is 1. The molecule has 0 saturated heterocycles. The average Bonchev–Trinajstić information content (AvgIpc) is 3.31. The number of hydrogen-bond acceptors (Lipinski definition) is 6. The van der Waals surface area contributed by atoms with E-state index in [-0.39, 0.29) is 11.7 Å². The maximum atomic E-state index is 12.0. The van der Waals surface area contributed by atoms with Crippen LogP contribution in [0.4, 0.5) is 4.79 Å². The first-order chi connectivity index (χ1) is 12.3. The summed E-state index contributed by atoms with van der Waals surface area (Å²) >= 11 is 1.28. The topological polar surface area (TPSA) is 102 Å². The molecule has 0 spiro atoms. The van der Waals surface area contributed by atoms with Crippen LogP contribution in [0.5, 0.6) is 0 Å². The number of nitrogens with zero attached hydrogens (tertiary/aromatic N) is 4. The SMILES string of the molecule is CC(C)(C)NC(=O)NC(=O)CSc1nnc(-c2cccnc2)n1C1CC1. The van der Waals surface area contributed by atoms with Gasteiger partial charge in [-0.1, -0.05) is 11.8 Å². The lowest BCUT2D eigenvalue weighted by atomic mass is 10.1. The molecule has 8 nitrogen and oxygen atoms in total.